The lowest BCUT2D eigenvalue weighted by atomic mass is 9.94. The number of aliphatic hydroxyl groups is 4. The topological polar surface area (TPSA) is 139 Å². The molecule has 1 aliphatic rings. The Kier molecular flexibility index (Phi) is 4.76. The standard InChI is InChI=1S/C13H17NO7/c15-5-8-9(17)10(18)11(19)12(21-8)13(20)14-6-1-3-7(16)4-2-6/h1-4,8-12,15-19H,5H2,(H,14,20)/t8-,9-,10+,11-,12-/m1/s1. The van der Waals surface area contributed by atoms with Gasteiger partial charge in [-0.2, -0.15) is 0 Å². The summed E-state index contributed by atoms with van der Waals surface area (Å²) in [6, 6.07) is 5.61. The van der Waals surface area contributed by atoms with Crippen LogP contribution in [0.5, 0.6) is 5.75 Å². The molecule has 21 heavy (non-hydrogen) atoms. The number of phenolic OH excluding ortho intramolecular Hbond substituents is 1. The van der Waals surface area contributed by atoms with Crippen molar-refractivity contribution >= 4 is 11.6 Å². The van der Waals surface area contributed by atoms with Gasteiger partial charge in [0, 0.05) is 5.69 Å². The van der Waals surface area contributed by atoms with Crippen molar-refractivity contribution in [1.29, 1.82) is 0 Å². The molecule has 0 unspecified atom stereocenters. The third kappa shape index (κ3) is 3.31. The number of ether oxygens (including phenoxy) is 1. The van der Waals surface area contributed by atoms with Crippen LogP contribution < -0.4 is 5.32 Å². The maximum Gasteiger partial charge on any atom is 0.256 e. The molecule has 5 atom stereocenters. The Balaban J connectivity index is 2.08. The summed E-state index contributed by atoms with van der Waals surface area (Å²) in [5, 5.41) is 49.7. The van der Waals surface area contributed by atoms with E-state index in [-0.39, 0.29) is 5.75 Å². The Labute approximate surface area is 120 Å². The van der Waals surface area contributed by atoms with E-state index in [1.807, 2.05) is 0 Å². The smallest absolute Gasteiger partial charge is 0.256 e. The number of phenols is 1. The lowest BCUT2D eigenvalue weighted by Crippen LogP contribution is -2.61. The van der Waals surface area contributed by atoms with E-state index in [0.717, 1.165) is 0 Å². The summed E-state index contributed by atoms with van der Waals surface area (Å²) in [5.74, 6) is -0.710. The molecule has 1 aromatic rings. The second kappa shape index (κ2) is 6.37. The molecule has 1 aromatic carbocycles. The molecule has 0 aromatic heterocycles. The van der Waals surface area contributed by atoms with Crippen LogP contribution in [0.3, 0.4) is 0 Å². The molecule has 0 aliphatic carbocycles. The average molecular weight is 299 g/mol. The molecule has 0 radical (unpaired) electrons. The molecule has 0 saturated carbocycles. The van der Waals surface area contributed by atoms with Gasteiger partial charge in [-0.05, 0) is 24.3 Å². The van der Waals surface area contributed by atoms with Gasteiger partial charge in [0.1, 0.15) is 30.2 Å². The van der Waals surface area contributed by atoms with E-state index in [0.29, 0.717) is 5.69 Å². The zero-order chi connectivity index (χ0) is 15.6. The predicted octanol–water partition coefficient (Wildman–Crippen LogP) is -1.83. The molecule has 1 fully saturated rings. The minimum atomic E-state index is -1.63. The fourth-order valence-corrected chi connectivity index (χ4v) is 2.08. The van der Waals surface area contributed by atoms with Crippen molar-refractivity contribution in [3.8, 4) is 5.75 Å². The second-order valence-corrected chi connectivity index (χ2v) is 4.79. The van der Waals surface area contributed by atoms with Gasteiger partial charge in [0.2, 0.25) is 0 Å². The highest BCUT2D eigenvalue weighted by Crippen LogP contribution is 2.22. The van der Waals surface area contributed by atoms with Crippen molar-refractivity contribution in [2.75, 3.05) is 11.9 Å². The van der Waals surface area contributed by atoms with E-state index in [4.69, 9.17) is 14.9 Å². The van der Waals surface area contributed by atoms with Gasteiger partial charge in [-0.1, -0.05) is 0 Å². The Morgan fingerprint density at radius 3 is 2.29 bits per heavy atom. The number of carbonyl (C=O) groups excluding carboxylic acids is 1. The third-order valence-corrected chi connectivity index (χ3v) is 3.29. The van der Waals surface area contributed by atoms with Crippen LogP contribution in [-0.2, 0) is 9.53 Å². The maximum atomic E-state index is 12.0. The third-order valence-electron chi connectivity index (χ3n) is 3.29. The monoisotopic (exact) mass is 299 g/mol. The van der Waals surface area contributed by atoms with Crippen LogP contribution in [0.15, 0.2) is 24.3 Å². The first-order chi connectivity index (χ1) is 9.93. The van der Waals surface area contributed by atoms with Gasteiger partial charge in [-0.3, -0.25) is 4.79 Å². The normalized spacial score (nSPS) is 32.7. The van der Waals surface area contributed by atoms with Crippen molar-refractivity contribution in [1.82, 2.24) is 0 Å². The Hall–Kier alpha value is -1.71. The second-order valence-electron chi connectivity index (χ2n) is 4.79. The summed E-state index contributed by atoms with van der Waals surface area (Å²) in [4.78, 5) is 12.0. The molecule has 1 saturated heterocycles. The van der Waals surface area contributed by atoms with E-state index in [9.17, 15) is 20.1 Å². The van der Waals surface area contributed by atoms with E-state index in [1.54, 1.807) is 0 Å². The van der Waals surface area contributed by atoms with Crippen LogP contribution in [0, 0.1) is 0 Å². The first-order valence-electron chi connectivity index (χ1n) is 6.34. The van der Waals surface area contributed by atoms with Gasteiger partial charge in [0.05, 0.1) is 6.61 Å². The van der Waals surface area contributed by atoms with E-state index >= 15 is 0 Å². The number of aliphatic hydroxyl groups excluding tert-OH is 4. The highest BCUT2D eigenvalue weighted by Gasteiger charge is 2.46. The lowest BCUT2D eigenvalue weighted by molar-refractivity contribution is -0.224. The Morgan fingerprint density at radius 2 is 1.71 bits per heavy atom. The molecule has 116 valence electrons. The van der Waals surface area contributed by atoms with E-state index < -0.39 is 43.0 Å². The van der Waals surface area contributed by atoms with Crippen LogP contribution in [0.2, 0.25) is 0 Å². The number of benzene rings is 1. The summed E-state index contributed by atoms with van der Waals surface area (Å²) in [5.41, 5.74) is 0.356. The number of carbonyl (C=O) groups is 1. The van der Waals surface area contributed by atoms with Crippen molar-refractivity contribution in [3.63, 3.8) is 0 Å². The molecule has 8 heteroatoms. The highest BCUT2D eigenvalue weighted by molar-refractivity contribution is 5.94. The van der Waals surface area contributed by atoms with Crippen molar-refractivity contribution in [2.24, 2.45) is 0 Å². The van der Waals surface area contributed by atoms with E-state index in [1.165, 1.54) is 24.3 Å². The van der Waals surface area contributed by atoms with Crippen molar-refractivity contribution in [2.45, 2.75) is 30.5 Å². The van der Waals surface area contributed by atoms with Crippen molar-refractivity contribution in [3.05, 3.63) is 24.3 Å². The van der Waals surface area contributed by atoms with Crippen LogP contribution in [0.1, 0.15) is 0 Å². The molecule has 1 amide bonds. The molecule has 1 aliphatic heterocycles. The summed E-state index contributed by atoms with van der Waals surface area (Å²) >= 11 is 0. The Morgan fingerprint density at radius 1 is 1.10 bits per heavy atom. The zero-order valence-corrected chi connectivity index (χ0v) is 11.0. The van der Waals surface area contributed by atoms with Gasteiger partial charge in [0.15, 0.2) is 6.10 Å². The molecule has 8 nitrogen and oxygen atoms in total. The molecule has 0 bridgehead atoms. The molecule has 1 heterocycles. The first-order valence-corrected chi connectivity index (χ1v) is 6.34. The van der Waals surface area contributed by atoms with Crippen LogP contribution in [0.4, 0.5) is 5.69 Å². The zero-order valence-electron chi connectivity index (χ0n) is 11.0. The van der Waals surface area contributed by atoms with Gasteiger partial charge in [0.25, 0.3) is 5.91 Å². The fourth-order valence-electron chi connectivity index (χ4n) is 2.08. The maximum absolute atomic E-state index is 12.0. The first kappa shape index (κ1) is 15.7. The minimum absolute atomic E-state index is 0.0286. The minimum Gasteiger partial charge on any atom is -0.508 e. The molecular weight excluding hydrogens is 282 g/mol. The molecule has 0 spiro atoms. The summed E-state index contributed by atoms with van der Waals surface area (Å²) in [7, 11) is 0. The Bertz CT molecular complexity index is 490. The number of aromatic hydroxyl groups is 1. The largest absolute Gasteiger partial charge is 0.508 e. The molecule has 6 N–H and O–H groups in total. The summed E-state index contributed by atoms with van der Waals surface area (Å²) < 4.78 is 5.12. The van der Waals surface area contributed by atoms with Crippen LogP contribution in [0.25, 0.3) is 0 Å². The molecular formula is C13H17NO7. The number of amides is 1. The molecule has 2 rings (SSSR count). The summed E-state index contributed by atoms with van der Waals surface area (Å²) in [6.45, 7) is -0.603. The quantitative estimate of drug-likeness (QED) is 0.361. The van der Waals surface area contributed by atoms with Crippen molar-refractivity contribution < 1.29 is 35.1 Å². The summed E-state index contributed by atoms with van der Waals surface area (Å²) in [6.07, 6.45) is -7.32. The number of rotatable bonds is 3. The van der Waals surface area contributed by atoms with E-state index in [2.05, 4.69) is 5.32 Å². The number of hydrogen-bond acceptors (Lipinski definition) is 7. The fraction of sp³-hybridized carbons (Fsp3) is 0.462. The van der Waals surface area contributed by atoms with Gasteiger partial charge in [-0.15, -0.1) is 0 Å². The lowest BCUT2D eigenvalue weighted by Gasteiger charge is -2.39. The van der Waals surface area contributed by atoms with Gasteiger partial charge in [-0.25, -0.2) is 0 Å². The van der Waals surface area contributed by atoms with Crippen LogP contribution >= 0.6 is 0 Å². The van der Waals surface area contributed by atoms with Crippen LogP contribution in [-0.4, -0.2) is 68.6 Å². The van der Waals surface area contributed by atoms with Gasteiger partial charge < -0.3 is 35.6 Å². The average Bonchev–Trinajstić information content (AvgIpc) is 2.47. The number of hydrogen-bond donors (Lipinski definition) is 6. The highest BCUT2D eigenvalue weighted by atomic mass is 16.5. The van der Waals surface area contributed by atoms with Gasteiger partial charge >= 0.3 is 0 Å². The number of anilines is 1. The SMILES string of the molecule is O=C(Nc1ccc(O)cc1)[C@@H]1O[C@H](CO)[C@@H](O)[C@H](O)[C@H]1O. The predicted molar refractivity (Wildman–Crippen MR) is 70.5 cm³/mol. The number of nitrogens with one attached hydrogen (secondary N) is 1.